The van der Waals surface area contributed by atoms with Crippen LogP contribution in [0.2, 0.25) is 0 Å². The first-order valence-electron chi connectivity index (χ1n) is 12.3. The first-order valence-corrected chi connectivity index (χ1v) is 12.3. The van der Waals surface area contributed by atoms with Gasteiger partial charge in [-0.2, -0.15) is 0 Å². The molecule has 1 heterocycles. The zero-order chi connectivity index (χ0) is 27.3. The van der Waals surface area contributed by atoms with E-state index in [9.17, 15) is 18.7 Å². The third-order valence-electron chi connectivity index (χ3n) is 6.27. The zero-order valence-electron chi connectivity index (χ0n) is 21.9. The highest BCUT2D eigenvalue weighted by Crippen LogP contribution is 2.45. The Kier molecular flexibility index (Phi) is 8.87. The number of aryl methyl sites for hydroxylation is 1. The number of anilines is 1. The molecule has 2 aromatic carbocycles. The lowest BCUT2D eigenvalue weighted by Crippen LogP contribution is -2.16. The molecule has 4 nitrogen and oxygen atoms in total. The van der Waals surface area contributed by atoms with Gasteiger partial charge in [0, 0.05) is 22.4 Å². The Morgan fingerprint density at radius 1 is 1.16 bits per heavy atom. The lowest BCUT2D eigenvalue weighted by atomic mass is 9.89. The molecule has 0 bridgehead atoms. The van der Waals surface area contributed by atoms with Crippen molar-refractivity contribution in [1.82, 2.24) is 0 Å². The standard InChI is InChI=1S/C29H27F2NO3.C2H6/c1-16-14-23-17(2)18(3)26(20-8-7-9-21(13-12-20)28(30)31)35-27(23)24(15-16)19(4)32-25-11-6-5-10-22(25)29(33)34;1-2/h5-12,14-15,19,28,32H,2,13H2,1,3-4H3,(H,33,34);1-2H3. The lowest BCUT2D eigenvalue weighted by Gasteiger charge is -2.29. The number of allylic oxidation sites excluding steroid dienone is 7. The molecule has 0 spiro atoms. The van der Waals surface area contributed by atoms with Crippen molar-refractivity contribution in [1.29, 1.82) is 0 Å². The van der Waals surface area contributed by atoms with Crippen LogP contribution in [0.25, 0.3) is 5.57 Å². The normalized spacial score (nSPS) is 15.5. The van der Waals surface area contributed by atoms with Crippen LogP contribution in [0, 0.1) is 6.92 Å². The number of para-hydroxylation sites is 1. The van der Waals surface area contributed by atoms with Crippen LogP contribution in [0.15, 0.2) is 89.8 Å². The van der Waals surface area contributed by atoms with Crippen molar-refractivity contribution in [3.8, 4) is 5.75 Å². The molecule has 37 heavy (non-hydrogen) atoms. The number of carboxylic acids is 1. The van der Waals surface area contributed by atoms with Gasteiger partial charge in [-0.3, -0.25) is 0 Å². The number of rotatable bonds is 6. The van der Waals surface area contributed by atoms with Gasteiger partial charge in [0.15, 0.2) is 0 Å². The van der Waals surface area contributed by atoms with Crippen LogP contribution >= 0.6 is 0 Å². The molecule has 1 aliphatic heterocycles. The topological polar surface area (TPSA) is 58.6 Å². The summed E-state index contributed by atoms with van der Waals surface area (Å²) in [5.74, 6) is 0.182. The summed E-state index contributed by atoms with van der Waals surface area (Å²) >= 11 is 0. The number of aromatic carboxylic acids is 1. The minimum atomic E-state index is -2.51. The fourth-order valence-corrected chi connectivity index (χ4v) is 4.33. The van der Waals surface area contributed by atoms with E-state index < -0.39 is 12.4 Å². The van der Waals surface area contributed by atoms with Gasteiger partial charge in [-0.25, -0.2) is 13.6 Å². The van der Waals surface area contributed by atoms with Crippen molar-refractivity contribution < 1.29 is 23.4 Å². The van der Waals surface area contributed by atoms with Gasteiger partial charge < -0.3 is 15.2 Å². The third-order valence-corrected chi connectivity index (χ3v) is 6.27. The van der Waals surface area contributed by atoms with Gasteiger partial charge in [0.1, 0.15) is 11.5 Å². The Morgan fingerprint density at radius 3 is 2.54 bits per heavy atom. The molecule has 0 amide bonds. The summed E-state index contributed by atoms with van der Waals surface area (Å²) in [5, 5.41) is 12.9. The molecule has 1 atom stereocenters. The molecule has 194 valence electrons. The Morgan fingerprint density at radius 2 is 1.86 bits per heavy atom. The van der Waals surface area contributed by atoms with E-state index in [-0.39, 0.29) is 23.6 Å². The number of ether oxygens (including phenoxy) is 1. The SMILES string of the molecule is C=C1C(C)=C(C2=CCC(C(F)F)=CC=C2)Oc2c1cc(C)cc2C(C)Nc1ccccc1C(=O)O.CC. The molecule has 1 aliphatic carbocycles. The summed E-state index contributed by atoms with van der Waals surface area (Å²) in [7, 11) is 0. The Bertz CT molecular complexity index is 1330. The predicted octanol–water partition coefficient (Wildman–Crippen LogP) is 8.65. The van der Waals surface area contributed by atoms with Crippen LogP contribution in [0.3, 0.4) is 0 Å². The van der Waals surface area contributed by atoms with Crippen LogP contribution in [-0.2, 0) is 0 Å². The van der Waals surface area contributed by atoms with Crippen LogP contribution < -0.4 is 10.1 Å². The van der Waals surface area contributed by atoms with Crippen LogP contribution in [0.1, 0.15) is 67.2 Å². The van der Waals surface area contributed by atoms with Crippen molar-refractivity contribution in [2.24, 2.45) is 0 Å². The molecule has 0 radical (unpaired) electrons. The predicted molar refractivity (Wildman–Crippen MR) is 146 cm³/mol. The maximum absolute atomic E-state index is 13.2. The first-order chi connectivity index (χ1) is 17.7. The average molecular weight is 506 g/mol. The summed E-state index contributed by atoms with van der Waals surface area (Å²) in [4.78, 5) is 11.7. The second-order valence-corrected chi connectivity index (χ2v) is 8.75. The lowest BCUT2D eigenvalue weighted by molar-refractivity contribution is 0.0698. The summed E-state index contributed by atoms with van der Waals surface area (Å²) < 4.78 is 32.9. The quantitative estimate of drug-likeness (QED) is 0.412. The number of benzene rings is 2. The highest BCUT2D eigenvalue weighted by Gasteiger charge is 2.28. The van der Waals surface area contributed by atoms with E-state index in [2.05, 4.69) is 11.9 Å². The fourth-order valence-electron chi connectivity index (χ4n) is 4.33. The number of carbonyl (C=O) groups is 1. The number of fused-ring (bicyclic) bond motifs is 1. The van der Waals surface area contributed by atoms with E-state index in [0.29, 0.717) is 22.8 Å². The van der Waals surface area contributed by atoms with Crippen molar-refractivity contribution in [2.45, 2.75) is 53.5 Å². The number of halogens is 2. The van der Waals surface area contributed by atoms with E-state index >= 15 is 0 Å². The number of carboxylic acid groups (broad SMARTS) is 1. The third kappa shape index (κ3) is 5.91. The average Bonchev–Trinajstić information content (AvgIpc) is 3.14. The minimum Gasteiger partial charge on any atom is -0.478 e. The summed E-state index contributed by atoms with van der Waals surface area (Å²) in [6.07, 6.45) is 4.19. The van der Waals surface area contributed by atoms with Crippen molar-refractivity contribution in [3.63, 3.8) is 0 Å². The van der Waals surface area contributed by atoms with Crippen LogP contribution in [0.4, 0.5) is 14.5 Å². The zero-order valence-corrected chi connectivity index (χ0v) is 21.9. The van der Waals surface area contributed by atoms with E-state index in [1.165, 1.54) is 6.08 Å². The largest absolute Gasteiger partial charge is 0.478 e. The number of nitrogens with one attached hydrogen (secondary N) is 1. The van der Waals surface area contributed by atoms with E-state index in [1.807, 2.05) is 46.8 Å². The molecule has 0 saturated heterocycles. The molecule has 0 saturated carbocycles. The highest BCUT2D eigenvalue weighted by atomic mass is 19.3. The minimum absolute atomic E-state index is 0.0516. The molecule has 6 heteroatoms. The van der Waals surface area contributed by atoms with Crippen molar-refractivity contribution >= 4 is 17.2 Å². The number of hydrogen-bond acceptors (Lipinski definition) is 3. The van der Waals surface area contributed by atoms with Gasteiger partial charge in [-0.05, 0) is 67.7 Å². The van der Waals surface area contributed by atoms with Crippen LogP contribution in [0.5, 0.6) is 5.75 Å². The maximum atomic E-state index is 13.2. The number of alkyl halides is 2. The van der Waals surface area contributed by atoms with Crippen LogP contribution in [-0.4, -0.2) is 17.5 Å². The van der Waals surface area contributed by atoms with Gasteiger partial charge in [-0.15, -0.1) is 0 Å². The molecular weight excluding hydrogens is 472 g/mol. The summed E-state index contributed by atoms with van der Waals surface area (Å²) in [6.45, 7) is 14.1. The molecular formula is C31H33F2NO3. The maximum Gasteiger partial charge on any atom is 0.337 e. The first kappa shape index (κ1) is 27.7. The van der Waals surface area contributed by atoms with Crippen molar-refractivity contribution in [2.75, 3.05) is 5.32 Å². The highest BCUT2D eigenvalue weighted by molar-refractivity contribution is 5.94. The van der Waals surface area contributed by atoms with E-state index in [1.54, 1.807) is 42.5 Å². The molecule has 2 aromatic rings. The van der Waals surface area contributed by atoms with E-state index in [0.717, 1.165) is 27.8 Å². The second-order valence-electron chi connectivity index (χ2n) is 8.75. The molecule has 0 aromatic heterocycles. The Balaban J connectivity index is 0.00000186. The van der Waals surface area contributed by atoms with Crippen molar-refractivity contribution in [3.05, 3.63) is 112 Å². The molecule has 0 fully saturated rings. The van der Waals surface area contributed by atoms with Gasteiger partial charge in [0.25, 0.3) is 6.43 Å². The fraction of sp³-hybridized carbons (Fsp3) is 0.258. The molecule has 2 aliphatic rings. The summed E-state index contributed by atoms with van der Waals surface area (Å²) in [5.41, 5.74) is 5.79. The second kappa shape index (κ2) is 11.9. The summed E-state index contributed by atoms with van der Waals surface area (Å²) in [6, 6.07) is 10.5. The molecule has 2 N–H and O–H groups in total. The van der Waals surface area contributed by atoms with Gasteiger partial charge in [0.2, 0.25) is 0 Å². The van der Waals surface area contributed by atoms with Gasteiger partial charge in [-0.1, -0.05) is 62.9 Å². The Hall–Kier alpha value is -3.93. The monoisotopic (exact) mass is 505 g/mol. The number of hydrogen-bond donors (Lipinski definition) is 2. The van der Waals surface area contributed by atoms with Gasteiger partial charge in [0.05, 0.1) is 11.6 Å². The Labute approximate surface area is 217 Å². The van der Waals surface area contributed by atoms with Gasteiger partial charge >= 0.3 is 5.97 Å². The molecule has 4 rings (SSSR count). The smallest absolute Gasteiger partial charge is 0.337 e. The van der Waals surface area contributed by atoms with E-state index in [4.69, 9.17) is 4.74 Å². The molecule has 1 unspecified atom stereocenters.